The van der Waals surface area contributed by atoms with Gasteiger partial charge in [0.15, 0.2) is 11.4 Å². The maximum Gasteiger partial charge on any atom is 0.205 e. The molecular weight excluding hydrogens is 480 g/mol. The van der Waals surface area contributed by atoms with E-state index in [0.29, 0.717) is 11.1 Å². The maximum absolute atomic E-state index is 14.0. The van der Waals surface area contributed by atoms with Crippen molar-refractivity contribution >= 4 is 45.8 Å². The molecule has 0 radical (unpaired) electrons. The molecule has 5 rings (SSSR count). The number of nitrogens with zero attached hydrogens (tertiary/aromatic N) is 3. The smallest absolute Gasteiger partial charge is 0.205 e. The lowest BCUT2D eigenvalue weighted by atomic mass is 10.1. The summed E-state index contributed by atoms with van der Waals surface area (Å²) in [5.41, 5.74) is 8.65. The molecule has 4 aromatic rings. The first kappa shape index (κ1) is 22.7. The number of ether oxygens (including phenoxy) is 1. The van der Waals surface area contributed by atoms with Crippen molar-refractivity contribution in [1.29, 1.82) is 0 Å². The Bertz CT molecular complexity index is 1360. The molecular formula is C24H22Cl2FN5O2. The first-order valence-corrected chi connectivity index (χ1v) is 11.6. The van der Waals surface area contributed by atoms with Crippen LogP contribution in [0.25, 0.3) is 22.1 Å². The summed E-state index contributed by atoms with van der Waals surface area (Å²) < 4.78 is 26.0. The van der Waals surface area contributed by atoms with E-state index in [2.05, 4.69) is 20.2 Å². The zero-order valence-electron chi connectivity index (χ0n) is 18.3. The number of hydrogen-bond acceptors (Lipinski definition) is 7. The maximum atomic E-state index is 14.0. The number of anilines is 2. The molecule has 7 nitrogen and oxygen atoms in total. The van der Waals surface area contributed by atoms with Crippen molar-refractivity contribution in [3.05, 3.63) is 64.3 Å². The minimum Gasteiger partial charge on any atom is -0.478 e. The van der Waals surface area contributed by atoms with E-state index in [4.69, 9.17) is 38.1 Å². The normalized spacial score (nSPS) is 15.0. The molecule has 0 amide bonds. The average molecular weight is 502 g/mol. The average Bonchev–Trinajstić information content (AvgIpc) is 3.28. The van der Waals surface area contributed by atoms with Gasteiger partial charge in [0.05, 0.1) is 16.7 Å². The van der Waals surface area contributed by atoms with Crippen molar-refractivity contribution < 1.29 is 13.5 Å². The zero-order chi connectivity index (χ0) is 23.8. The molecule has 1 saturated heterocycles. The fraction of sp³-hybridized carbons (Fsp3) is 0.250. The van der Waals surface area contributed by atoms with Gasteiger partial charge in [-0.2, -0.15) is 0 Å². The molecule has 0 unspecified atom stereocenters. The van der Waals surface area contributed by atoms with Gasteiger partial charge in [0, 0.05) is 54.7 Å². The highest BCUT2D eigenvalue weighted by molar-refractivity contribution is 6.36. The standard InChI is InChI=1S/C24H22Cl2FN5O2/c1-13(20-17(25)2-3-18(27)21(20)26)34-23-22-15(11-31-24(23)28)16(12-33-22)14-4-5-30-19(10-14)32-8-6-29-7-9-32/h2-5,10-13,29H,6-9H2,1H3,(H2,28,31)/t13-/m1/s1. The van der Waals surface area contributed by atoms with Crippen molar-refractivity contribution in [2.45, 2.75) is 13.0 Å². The molecule has 0 saturated carbocycles. The number of hydrogen-bond donors (Lipinski definition) is 2. The predicted octanol–water partition coefficient (Wildman–Crippen LogP) is 5.47. The number of nitrogens with two attached hydrogens (primary N) is 1. The predicted molar refractivity (Wildman–Crippen MR) is 132 cm³/mol. The van der Waals surface area contributed by atoms with Gasteiger partial charge < -0.3 is 25.1 Å². The number of furan rings is 1. The highest BCUT2D eigenvalue weighted by Crippen LogP contribution is 2.41. The van der Waals surface area contributed by atoms with E-state index in [1.807, 2.05) is 12.1 Å². The van der Waals surface area contributed by atoms with Gasteiger partial charge in [-0.15, -0.1) is 0 Å². The lowest BCUT2D eigenvalue weighted by Gasteiger charge is -2.28. The minimum absolute atomic E-state index is 0.101. The largest absolute Gasteiger partial charge is 0.478 e. The van der Waals surface area contributed by atoms with Crippen LogP contribution >= 0.6 is 23.2 Å². The molecule has 0 aliphatic carbocycles. The van der Waals surface area contributed by atoms with Gasteiger partial charge in [-0.25, -0.2) is 14.4 Å². The van der Waals surface area contributed by atoms with Gasteiger partial charge in [0.25, 0.3) is 0 Å². The first-order valence-electron chi connectivity index (χ1n) is 10.8. The molecule has 4 heterocycles. The Balaban J connectivity index is 1.51. The lowest BCUT2D eigenvalue weighted by Crippen LogP contribution is -2.43. The fourth-order valence-corrected chi connectivity index (χ4v) is 4.80. The van der Waals surface area contributed by atoms with Gasteiger partial charge in [-0.1, -0.05) is 23.2 Å². The Morgan fingerprint density at radius 2 is 2.00 bits per heavy atom. The molecule has 3 aromatic heterocycles. The summed E-state index contributed by atoms with van der Waals surface area (Å²) in [6.07, 6.45) is 4.36. The Morgan fingerprint density at radius 3 is 2.79 bits per heavy atom. The van der Waals surface area contributed by atoms with E-state index >= 15 is 0 Å². The topological polar surface area (TPSA) is 89.4 Å². The number of aromatic nitrogens is 2. The number of rotatable bonds is 5. The van der Waals surface area contributed by atoms with E-state index < -0.39 is 11.9 Å². The number of piperazine rings is 1. The summed E-state index contributed by atoms with van der Waals surface area (Å²) in [6, 6.07) is 6.59. The van der Waals surface area contributed by atoms with Crippen LogP contribution in [0.4, 0.5) is 16.0 Å². The van der Waals surface area contributed by atoms with Crippen LogP contribution in [0.15, 0.2) is 47.3 Å². The third-order valence-electron chi connectivity index (χ3n) is 5.88. The minimum atomic E-state index is -0.709. The van der Waals surface area contributed by atoms with Crippen molar-refractivity contribution in [2.24, 2.45) is 0 Å². The van der Waals surface area contributed by atoms with Gasteiger partial charge in [-0.05, 0) is 36.8 Å². The van der Waals surface area contributed by atoms with Crippen LogP contribution in [0.1, 0.15) is 18.6 Å². The van der Waals surface area contributed by atoms with Gasteiger partial charge in [0.1, 0.15) is 17.7 Å². The molecule has 1 aromatic carbocycles. The summed E-state index contributed by atoms with van der Waals surface area (Å²) in [5, 5.41) is 4.26. The van der Waals surface area contributed by atoms with Gasteiger partial charge in [0.2, 0.25) is 5.75 Å². The number of nitrogens with one attached hydrogen (secondary N) is 1. The number of pyridine rings is 2. The van der Waals surface area contributed by atoms with Crippen LogP contribution in [0.3, 0.4) is 0 Å². The lowest BCUT2D eigenvalue weighted by molar-refractivity contribution is 0.227. The van der Waals surface area contributed by atoms with Crippen molar-refractivity contribution in [3.63, 3.8) is 0 Å². The van der Waals surface area contributed by atoms with E-state index in [1.165, 1.54) is 12.1 Å². The van der Waals surface area contributed by atoms with E-state index in [-0.39, 0.29) is 21.6 Å². The summed E-state index contributed by atoms with van der Waals surface area (Å²) in [4.78, 5) is 11.1. The van der Waals surface area contributed by atoms with E-state index in [9.17, 15) is 4.39 Å². The van der Waals surface area contributed by atoms with Crippen LogP contribution in [0.2, 0.25) is 10.0 Å². The van der Waals surface area contributed by atoms with Gasteiger partial charge in [-0.3, -0.25) is 0 Å². The van der Waals surface area contributed by atoms with Crippen LogP contribution in [0.5, 0.6) is 5.75 Å². The number of nitrogen functional groups attached to an aromatic ring is 1. The Labute approximate surface area is 205 Å². The number of fused-ring (bicyclic) bond motifs is 1. The molecule has 1 fully saturated rings. The summed E-state index contributed by atoms with van der Waals surface area (Å²) in [5.74, 6) is 0.695. The monoisotopic (exact) mass is 501 g/mol. The van der Waals surface area contributed by atoms with Crippen molar-refractivity contribution in [1.82, 2.24) is 15.3 Å². The van der Waals surface area contributed by atoms with Crippen LogP contribution in [-0.4, -0.2) is 36.1 Å². The molecule has 3 N–H and O–H groups in total. The number of halogens is 3. The zero-order valence-corrected chi connectivity index (χ0v) is 19.8. The Hall–Kier alpha value is -3.07. The van der Waals surface area contributed by atoms with Crippen LogP contribution in [0, 0.1) is 5.82 Å². The Morgan fingerprint density at radius 1 is 1.21 bits per heavy atom. The highest BCUT2D eigenvalue weighted by atomic mass is 35.5. The number of benzene rings is 1. The first-order chi connectivity index (χ1) is 16.4. The summed E-state index contributed by atoms with van der Waals surface area (Å²) in [6.45, 7) is 5.32. The summed E-state index contributed by atoms with van der Waals surface area (Å²) >= 11 is 12.4. The molecule has 1 atom stereocenters. The molecule has 176 valence electrons. The molecule has 10 heteroatoms. The van der Waals surface area contributed by atoms with E-state index in [0.717, 1.165) is 48.5 Å². The third-order valence-corrected chi connectivity index (χ3v) is 6.59. The molecule has 0 bridgehead atoms. The second-order valence-corrected chi connectivity index (χ2v) is 8.81. The van der Waals surface area contributed by atoms with Crippen LogP contribution in [-0.2, 0) is 0 Å². The SMILES string of the molecule is C[C@@H](Oc1c(N)ncc2c(-c3ccnc(N4CCNCC4)c3)coc12)c1c(Cl)ccc(F)c1Cl. The van der Waals surface area contributed by atoms with Crippen molar-refractivity contribution in [2.75, 3.05) is 36.8 Å². The molecule has 34 heavy (non-hydrogen) atoms. The quantitative estimate of drug-likeness (QED) is 0.350. The second-order valence-electron chi connectivity index (χ2n) is 8.02. The summed E-state index contributed by atoms with van der Waals surface area (Å²) in [7, 11) is 0. The molecule has 0 spiro atoms. The molecule has 1 aliphatic heterocycles. The second kappa shape index (κ2) is 9.29. The van der Waals surface area contributed by atoms with Crippen LogP contribution < -0.4 is 20.7 Å². The van der Waals surface area contributed by atoms with E-state index in [1.54, 1.807) is 25.6 Å². The van der Waals surface area contributed by atoms with Crippen molar-refractivity contribution in [3.8, 4) is 16.9 Å². The van der Waals surface area contributed by atoms with Gasteiger partial charge >= 0.3 is 0 Å². The molecule has 1 aliphatic rings. The highest BCUT2D eigenvalue weighted by Gasteiger charge is 2.23. The third kappa shape index (κ3) is 4.13. The Kier molecular flexibility index (Phi) is 6.20. The fourth-order valence-electron chi connectivity index (χ4n) is 4.12.